The van der Waals surface area contributed by atoms with E-state index in [4.69, 9.17) is 4.74 Å². The molecule has 2 saturated heterocycles. The summed E-state index contributed by atoms with van der Waals surface area (Å²) in [6.45, 7) is 0.309. The zero-order valence-corrected chi connectivity index (χ0v) is 17.8. The van der Waals surface area contributed by atoms with Crippen LogP contribution in [0.2, 0.25) is 0 Å². The summed E-state index contributed by atoms with van der Waals surface area (Å²) >= 11 is 0. The van der Waals surface area contributed by atoms with Gasteiger partial charge in [-0.25, -0.2) is 0 Å². The Bertz CT molecular complexity index is 911. The van der Waals surface area contributed by atoms with E-state index in [1.54, 1.807) is 11.9 Å². The van der Waals surface area contributed by atoms with Crippen LogP contribution in [0.1, 0.15) is 37.7 Å². The molecule has 1 aromatic carbocycles. The highest BCUT2D eigenvalue weighted by atomic mass is 16.5. The van der Waals surface area contributed by atoms with E-state index < -0.39 is 29.6 Å². The van der Waals surface area contributed by atoms with Gasteiger partial charge in [0, 0.05) is 19.6 Å². The summed E-state index contributed by atoms with van der Waals surface area (Å²) in [5.74, 6) is -1.89. The fourth-order valence-electron chi connectivity index (χ4n) is 5.91. The van der Waals surface area contributed by atoms with Crippen molar-refractivity contribution in [2.75, 3.05) is 7.05 Å². The molecule has 7 heteroatoms. The Labute approximate surface area is 182 Å². The number of carbonyl (C=O) groups is 3. The van der Waals surface area contributed by atoms with Gasteiger partial charge in [0.25, 0.3) is 0 Å². The minimum absolute atomic E-state index is 0.127. The average Bonchev–Trinajstić information content (AvgIpc) is 3.42. The van der Waals surface area contributed by atoms with E-state index in [0.717, 1.165) is 31.2 Å². The molecule has 5 atom stereocenters. The normalized spacial score (nSPS) is 34.1. The fourth-order valence-corrected chi connectivity index (χ4v) is 5.91. The van der Waals surface area contributed by atoms with Gasteiger partial charge in [-0.15, -0.1) is 0 Å². The molecule has 1 aliphatic carbocycles. The predicted octanol–water partition coefficient (Wildman–Crippen LogP) is 1.53. The second-order valence-corrected chi connectivity index (χ2v) is 9.11. The minimum atomic E-state index is -1.09. The van der Waals surface area contributed by atoms with Crippen LogP contribution in [-0.4, -0.2) is 53.5 Å². The highest BCUT2D eigenvalue weighted by Crippen LogP contribution is 2.55. The van der Waals surface area contributed by atoms with Gasteiger partial charge in [-0.05, 0) is 18.4 Å². The molecule has 0 unspecified atom stereocenters. The first-order chi connectivity index (χ1) is 15.0. The first kappa shape index (κ1) is 20.2. The SMILES string of the molecule is CNC(=O)[C@H]1[C@@H]2C=C[C@]3(O2)[C@@H]1C(=O)N(Cc1ccccc1)[C@@H]3C(=O)NC1CCCCC1. The highest BCUT2D eigenvalue weighted by molar-refractivity contribution is 5.99. The van der Waals surface area contributed by atoms with E-state index in [1.165, 1.54) is 6.42 Å². The summed E-state index contributed by atoms with van der Waals surface area (Å²) in [5.41, 5.74) is -0.148. The lowest BCUT2D eigenvalue weighted by Crippen LogP contribution is -2.56. The molecule has 0 aromatic heterocycles. The summed E-state index contributed by atoms with van der Waals surface area (Å²) in [4.78, 5) is 41.6. The maximum atomic E-state index is 13.7. The molecule has 3 fully saturated rings. The Hall–Kier alpha value is -2.67. The summed E-state index contributed by atoms with van der Waals surface area (Å²) in [6.07, 6.45) is 8.55. The third-order valence-corrected chi connectivity index (χ3v) is 7.32. The summed E-state index contributed by atoms with van der Waals surface area (Å²) < 4.78 is 6.29. The maximum absolute atomic E-state index is 13.7. The van der Waals surface area contributed by atoms with Gasteiger partial charge >= 0.3 is 0 Å². The molecular weight excluding hydrogens is 394 g/mol. The second kappa shape index (κ2) is 7.79. The topological polar surface area (TPSA) is 87.7 Å². The molecule has 1 spiro atoms. The number of nitrogens with zero attached hydrogens (tertiary/aromatic N) is 1. The summed E-state index contributed by atoms with van der Waals surface area (Å²) in [7, 11) is 1.57. The minimum Gasteiger partial charge on any atom is -0.359 e. The van der Waals surface area contributed by atoms with Crippen LogP contribution in [0.15, 0.2) is 42.5 Å². The van der Waals surface area contributed by atoms with Crippen molar-refractivity contribution in [1.29, 1.82) is 0 Å². The Kier molecular flexibility index (Phi) is 5.08. The Morgan fingerprint density at radius 1 is 1.13 bits per heavy atom. The highest BCUT2D eigenvalue weighted by Gasteiger charge is 2.72. The van der Waals surface area contributed by atoms with Crippen LogP contribution in [-0.2, 0) is 25.7 Å². The second-order valence-electron chi connectivity index (χ2n) is 9.11. The van der Waals surface area contributed by atoms with Gasteiger partial charge in [0.05, 0.1) is 17.9 Å². The van der Waals surface area contributed by atoms with Crippen LogP contribution < -0.4 is 10.6 Å². The molecule has 3 aliphatic heterocycles. The molecular formula is C24H29N3O4. The maximum Gasteiger partial charge on any atom is 0.246 e. The fraction of sp³-hybridized carbons (Fsp3) is 0.542. The lowest BCUT2D eigenvalue weighted by atomic mass is 9.74. The first-order valence-electron chi connectivity index (χ1n) is 11.3. The van der Waals surface area contributed by atoms with Crippen molar-refractivity contribution < 1.29 is 19.1 Å². The van der Waals surface area contributed by atoms with Gasteiger partial charge in [-0.3, -0.25) is 14.4 Å². The number of amides is 3. The Balaban J connectivity index is 1.50. The van der Waals surface area contributed by atoms with Crippen molar-refractivity contribution in [2.24, 2.45) is 11.8 Å². The van der Waals surface area contributed by atoms with Crippen molar-refractivity contribution >= 4 is 17.7 Å². The molecule has 7 nitrogen and oxygen atoms in total. The van der Waals surface area contributed by atoms with E-state index in [2.05, 4.69) is 10.6 Å². The van der Waals surface area contributed by atoms with Crippen LogP contribution in [0, 0.1) is 11.8 Å². The third kappa shape index (κ3) is 3.17. The zero-order chi connectivity index (χ0) is 21.6. The Morgan fingerprint density at radius 3 is 2.58 bits per heavy atom. The molecule has 31 heavy (non-hydrogen) atoms. The molecule has 5 rings (SSSR count). The third-order valence-electron chi connectivity index (χ3n) is 7.32. The van der Waals surface area contributed by atoms with Gasteiger partial charge in [0.2, 0.25) is 17.7 Å². The van der Waals surface area contributed by atoms with E-state index in [1.807, 2.05) is 42.5 Å². The van der Waals surface area contributed by atoms with Gasteiger partial charge in [-0.2, -0.15) is 0 Å². The number of benzene rings is 1. The smallest absolute Gasteiger partial charge is 0.246 e. The van der Waals surface area contributed by atoms with E-state index in [9.17, 15) is 14.4 Å². The van der Waals surface area contributed by atoms with E-state index >= 15 is 0 Å². The number of nitrogens with one attached hydrogen (secondary N) is 2. The molecule has 2 N–H and O–H groups in total. The van der Waals surface area contributed by atoms with Crippen molar-refractivity contribution in [3.05, 3.63) is 48.0 Å². The van der Waals surface area contributed by atoms with Gasteiger partial charge in [0.1, 0.15) is 11.6 Å². The predicted molar refractivity (Wildman–Crippen MR) is 114 cm³/mol. The van der Waals surface area contributed by atoms with Crippen molar-refractivity contribution in [3.8, 4) is 0 Å². The largest absolute Gasteiger partial charge is 0.359 e. The van der Waals surface area contributed by atoms with Crippen molar-refractivity contribution in [1.82, 2.24) is 15.5 Å². The number of ether oxygens (including phenoxy) is 1. The average molecular weight is 424 g/mol. The summed E-state index contributed by atoms with van der Waals surface area (Å²) in [6, 6.07) is 8.98. The lowest BCUT2D eigenvalue weighted by molar-refractivity contribution is -0.142. The van der Waals surface area contributed by atoms with Gasteiger partial charge in [-0.1, -0.05) is 61.7 Å². The first-order valence-corrected chi connectivity index (χ1v) is 11.3. The number of hydrogen-bond acceptors (Lipinski definition) is 4. The van der Waals surface area contributed by atoms with Crippen LogP contribution in [0.25, 0.3) is 0 Å². The molecule has 1 saturated carbocycles. The summed E-state index contributed by atoms with van der Waals surface area (Å²) in [5, 5.41) is 5.87. The lowest BCUT2D eigenvalue weighted by Gasteiger charge is -2.34. The molecule has 0 radical (unpaired) electrons. The molecule has 3 heterocycles. The number of likely N-dealkylation sites (tertiary alicyclic amines) is 1. The van der Waals surface area contributed by atoms with E-state index in [-0.39, 0.29) is 23.8 Å². The molecule has 2 bridgehead atoms. The monoisotopic (exact) mass is 423 g/mol. The molecule has 1 aromatic rings. The van der Waals surface area contributed by atoms with E-state index in [0.29, 0.717) is 6.54 Å². The van der Waals surface area contributed by atoms with Crippen LogP contribution in [0.3, 0.4) is 0 Å². The standard InChI is InChI=1S/C24H29N3O4/c1-25-21(28)18-17-12-13-24(31-17)19(18)23(30)27(14-15-8-4-2-5-9-15)20(24)22(29)26-16-10-6-3-7-11-16/h2,4-5,8-9,12-13,16-20H,3,6-7,10-11,14H2,1H3,(H,25,28)(H,26,29)/t17-,18-,19-,20+,24-/m0/s1. The number of carbonyl (C=O) groups excluding carboxylic acids is 3. The van der Waals surface area contributed by atoms with Crippen LogP contribution in [0.5, 0.6) is 0 Å². The van der Waals surface area contributed by atoms with Crippen LogP contribution >= 0.6 is 0 Å². The van der Waals surface area contributed by atoms with Gasteiger partial charge < -0.3 is 20.3 Å². The van der Waals surface area contributed by atoms with Crippen molar-refractivity contribution in [2.45, 2.75) is 62.4 Å². The number of fused-ring (bicyclic) bond motifs is 1. The molecule has 4 aliphatic rings. The Morgan fingerprint density at radius 2 is 1.87 bits per heavy atom. The van der Waals surface area contributed by atoms with Gasteiger partial charge in [0.15, 0.2) is 0 Å². The molecule has 3 amide bonds. The molecule has 164 valence electrons. The quantitative estimate of drug-likeness (QED) is 0.703. The van der Waals surface area contributed by atoms with Crippen LogP contribution in [0.4, 0.5) is 0 Å². The zero-order valence-electron chi connectivity index (χ0n) is 17.8. The van der Waals surface area contributed by atoms with Crippen molar-refractivity contribution in [3.63, 3.8) is 0 Å². The number of rotatable bonds is 5. The number of hydrogen-bond donors (Lipinski definition) is 2.